The van der Waals surface area contributed by atoms with Crippen LogP contribution in [0.15, 0.2) is 89.8 Å². The first kappa shape index (κ1) is 28.1. The molecule has 0 unspecified atom stereocenters. The minimum atomic E-state index is -3.64. The van der Waals surface area contributed by atoms with Crippen LogP contribution in [0.1, 0.15) is 29.5 Å². The van der Waals surface area contributed by atoms with E-state index in [4.69, 9.17) is 0 Å². The summed E-state index contributed by atoms with van der Waals surface area (Å²) in [6.07, 6.45) is 0.820. The number of hydrogen-bond acceptors (Lipinski definition) is 4. The summed E-state index contributed by atoms with van der Waals surface area (Å²) < 4.78 is 26.9. The van der Waals surface area contributed by atoms with E-state index in [2.05, 4.69) is 5.32 Å². The van der Waals surface area contributed by atoms with Gasteiger partial charge in [0.2, 0.25) is 21.8 Å². The van der Waals surface area contributed by atoms with Gasteiger partial charge in [0.15, 0.2) is 0 Å². The molecular weight excluding hydrogens is 486 g/mol. The third kappa shape index (κ3) is 7.50. The number of benzene rings is 3. The molecule has 1 N–H and O–H groups in total. The van der Waals surface area contributed by atoms with Crippen LogP contribution in [-0.4, -0.2) is 56.1 Å². The molecule has 3 aromatic carbocycles. The first-order chi connectivity index (χ1) is 17.7. The maximum Gasteiger partial charge on any atom is 0.242 e. The molecule has 2 amide bonds. The van der Waals surface area contributed by atoms with Gasteiger partial charge in [0, 0.05) is 40.0 Å². The number of carbonyl (C=O) groups excluding carboxylic acids is 2. The lowest BCUT2D eigenvalue weighted by atomic mass is 10.0. The van der Waals surface area contributed by atoms with Crippen molar-refractivity contribution in [2.45, 2.75) is 43.7 Å². The van der Waals surface area contributed by atoms with Crippen LogP contribution in [0.5, 0.6) is 0 Å². The molecule has 0 aromatic heterocycles. The van der Waals surface area contributed by atoms with Gasteiger partial charge in [-0.2, -0.15) is 0 Å². The topological polar surface area (TPSA) is 86.8 Å². The molecule has 1 atom stereocenters. The van der Waals surface area contributed by atoms with Crippen LogP contribution in [0.2, 0.25) is 0 Å². The van der Waals surface area contributed by atoms with Crippen molar-refractivity contribution in [3.05, 3.63) is 102 Å². The summed E-state index contributed by atoms with van der Waals surface area (Å²) in [6.45, 7) is 2.45. The minimum absolute atomic E-state index is 0.114. The Balaban J connectivity index is 1.79. The first-order valence-electron chi connectivity index (χ1n) is 12.3. The van der Waals surface area contributed by atoms with Crippen molar-refractivity contribution in [1.29, 1.82) is 0 Å². The van der Waals surface area contributed by atoms with Gasteiger partial charge in [0.05, 0.1) is 4.90 Å². The second kappa shape index (κ2) is 13.2. The lowest BCUT2D eigenvalue weighted by Gasteiger charge is -2.32. The lowest BCUT2D eigenvalue weighted by Crippen LogP contribution is -2.49. The number of hydrogen-bond donors (Lipinski definition) is 1. The van der Waals surface area contributed by atoms with E-state index in [9.17, 15) is 18.0 Å². The van der Waals surface area contributed by atoms with Gasteiger partial charge in [0.1, 0.15) is 6.04 Å². The van der Waals surface area contributed by atoms with E-state index < -0.39 is 16.1 Å². The monoisotopic (exact) mass is 521 g/mol. The van der Waals surface area contributed by atoms with Crippen molar-refractivity contribution in [2.75, 3.05) is 20.6 Å². The number of carbonyl (C=O) groups is 2. The van der Waals surface area contributed by atoms with E-state index in [1.165, 1.54) is 11.4 Å². The number of aryl methyl sites for hydroxylation is 1. The molecule has 37 heavy (non-hydrogen) atoms. The van der Waals surface area contributed by atoms with Crippen LogP contribution in [0.4, 0.5) is 0 Å². The molecule has 0 saturated carbocycles. The Morgan fingerprint density at radius 1 is 0.892 bits per heavy atom. The maximum atomic E-state index is 13.6. The number of likely N-dealkylation sites (N-methyl/N-ethyl adjacent to an activating group) is 1. The number of amides is 2. The van der Waals surface area contributed by atoms with Gasteiger partial charge in [-0.15, -0.1) is 0 Å². The first-order valence-corrected chi connectivity index (χ1v) is 13.8. The molecule has 0 radical (unpaired) electrons. The molecule has 7 nitrogen and oxygen atoms in total. The van der Waals surface area contributed by atoms with Crippen LogP contribution in [0, 0.1) is 6.92 Å². The van der Waals surface area contributed by atoms with Crippen molar-refractivity contribution in [3.8, 4) is 0 Å². The molecule has 0 heterocycles. The summed E-state index contributed by atoms with van der Waals surface area (Å²) in [5, 5.41) is 2.71. The average Bonchev–Trinajstić information content (AvgIpc) is 2.92. The minimum Gasteiger partial charge on any atom is -0.357 e. The fraction of sp³-hybridized carbons (Fsp3) is 0.310. The van der Waals surface area contributed by atoms with E-state index in [1.807, 2.05) is 61.5 Å². The Bertz CT molecular complexity index is 1280. The Kier molecular flexibility index (Phi) is 10.00. The van der Waals surface area contributed by atoms with E-state index in [-0.39, 0.29) is 36.2 Å². The van der Waals surface area contributed by atoms with Gasteiger partial charge in [-0.05, 0) is 42.2 Å². The van der Waals surface area contributed by atoms with Gasteiger partial charge in [-0.25, -0.2) is 12.7 Å². The van der Waals surface area contributed by atoms with Crippen molar-refractivity contribution in [3.63, 3.8) is 0 Å². The smallest absolute Gasteiger partial charge is 0.242 e. The van der Waals surface area contributed by atoms with Gasteiger partial charge in [-0.1, -0.05) is 72.8 Å². The van der Waals surface area contributed by atoms with E-state index in [0.717, 1.165) is 16.7 Å². The highest BCUT2D eigenvalue weighted by Crippen LogP contribution is 2.19. The third-order valence-electron chi connectivity index (χ3n) is 6.43. The quantitative estimate of drug-likeness (QED) is 0.393. The zero-order chi connectivity index (χ0) is 26.8. The predicted molar refractivity (Wildman–Crippen MR) is 145 cm³/mol. The highest BCUT2D eigenvalue weighted by atomic mass is 32.2. The van der Waals surface area contributed by atoms with Crippen molar-refractivity contribution in [2.24, 2.45) is 0 Å². The van der Waals surface area contributed by atoms with Gasteiger partial charge < -0.3 is 10.2 Å². The molecule has 0 aliphatic carbocycles. The highest BCUT2D eigenvalue weighted by Gasteiger charge is 2.30. The highest BCUT2D eigenvalue weighted by molar-refractivity contribution is 7.89. The summed E-state index contributed by atoms with van der Waals surface area (Å²) in [5.74, 6) is -0.437. The SMILES string of the molecule is CNC(=O)[C@@H](Cc1ccccc1)N(Cc1ccccc1C)C(=O)CCCN(C)S(=O)(=O)c1ccccc1. The Morgan fingerprint density at radius 3 is 2.11 bits per heavy atom. The fourth-order valence-electron chi connectivity index (χ4n) is 4.18. The van der Waals surface area contributed by atoms with Crippen LogP contribution in [0.25, 0.3) is 0 Å². The number of nitrogens with one attached hydrogen (secondary N) is 1. The summed E-state index contributed by atoms with van der Waals surface area (Å²) >= 11 is 0. The molecule has 0 aliphatic rings. The van der Waals surface area contributed by atoms with Gasteiger partial charge in [-0.3, -0.25) is 9.59 Å². The molecule has 3 aromatic rings. The van der Waals surface area contributed by atoms with Crippen LogP contribution in [0.3, 0.4) is 0 Å². The lowest BCUT2D eigenvalue weighted by molar-refractivity contribution is -0.141. The average molecular weight is 522 g/mol. The Morgan fingerprint density at radius 2 is 1.49 bits per heavy atom. The van der Waals surface area contributed by atoms with Gasteiger partial charge >= 0.3 is 0 Å². The van der Waals surface area contributed by atoms with Crippen molar-refractivity contribution < 1.29 is 18.0 Å². The fourth-order valence-corrected chi connectivity index (χ4v) is 5.41. The summed E-state index contributed by atoms with van der Waals surface area (Å²) in [4.78, 5) is 28.4. The van der Waals surface area contributed by atoms with Gasteiger partial charge in [0.25, 0.3) is 0 Å². The molecule has 0 aliphatic heterocycles. The van der Waals surface area contributed by atoms with Crippen LogP contribution >= 0.6 is 0 Å². The van der Waals surface area contributed by atoms with Crippen molar-refractivity contribution in [1.82, 2.24) is 14.5 Å². The standard InChI is InChI=1S/C29H35N3O4S/c1-23-13-10-11-16-25(23)22-32(27(29(34)30-2)21-24-14-6-4-7-15-24)28(33)19-12-20-31(3)37(35,36)26-17-8-5-9-18-26/h4-11,13-18,27H,12,19-22H2,1-3H3,(H,30,34)/t27-/m1/s1. The molecular formula is C29H35N3O4S. The second-order valence-electron chi connectivity index (χ2n) is 9.01. The zero-order valence-corrected chi connectivity index (χ0v) is 22.4. The predicted octanol–water partition coefficient (Wildman–Crippen LogP) is 3.78. The molecule has 0 saturated heterocycles. The molecule has 0 spiro atoms. The van der Waals surface area contributed by atoms with E-state index in [1.54, 1.807) is 42.3 Å². The number of rotatable bonds is 12. The molecule has 196 valence electrons. The second-order valence-corrected chi connectivity index (χ2v) is 11.1. The normalized spacial score (nSPS) is 12.2. The summed E-state index contributed by atoms with van der Waals surface area (Å²) in [6, 6.07) is 24.9. The third-order valence-corrected chi connectivity index (χ3v) is 8.31. The number of nitrogens with zero attached hydrogens (tertiary/aromatic N) is 2. The van der Waals surface area contributed by atoms with E-state index >= 15 is 0 Å². The largest absolute Gasteiger partial charge is 0.357 e. The van der Waals surface area contributed by atoms with E-state index in [0.29, 0.717) is 12.8 Å². The zero-order valence-electron chi connectivity index (χ0n) is 21.6. The summed E-state index contributed by atoms with van der Waals surface area (Å²) in [7, 11) is -0.557. The molecule has 0 fully saturated rings. The Hall–Kier alpha value is -3.49. The van der Waals surface area contributed by atoms with Crippen LogP contribution < -0.4 is 5.32 Å². The molecule has 8 heteroatoms. The van der Waals surface area contributed by atoms with Crippen LogP contribution in [-0.2, 0) is 32.6 Å². The maximum absolute atomic E-state index is 13.6. The summed E-state index contributed by atoms with van der Waals surface area (Å²) in [5.41, 5.74) is 2.94. The number of sulfonamides is 1. The van der Waals surface area contributed by atoms with Crippen molar-refractivity contribution >= 4 is 21.8 Å². The molecule has 3 rings (SSSR count). The Labute approximate surface area is 220 Å². The molecule has 0 bridgehead atoms.